The summed E-state index contributed by atoms with van der Waals surface area (Å²) in [5.41, 5.74) is 3.82. The van der Waals surface area contributed by atoms with Gasteiger partial charge in [0, 0.05) is 39.8 Å². The zero-order valence-corrected chi connectivity index (χ0v) is 15.7. The molecule has 1 amide bonds. The first-order valence-electron chi connectivity index (χ1n) is 8.93. The summed E-state index contributed by atoms with van der Waals surface area (Å²) in [5, 5.41) is 3.44. The van der Waals surface area contributed by atoms with E-state index in [4.69, 9.17) is 4.42 Å². The van der Waals surface area contributed by atoms with Gasteiger partial charge in [-0.3, -0.25) is 9.79 Å². The molecule has 1 saturated heterocycles. The Kier molecular flexibility index (Phi) is 5.61. The first kappa shape index (κ1) is 18.0. The summed E-state index contributed by atoms with van der Waals surface area (Å²) in [6.45, 7) is 7.79. The predicted octanol–water partition coefficient (Wildman–Crippen LogP) is 2.43. The van der Waals surface area contributed by atoms with Gasteiger partial charge < -0.3 is 19.5 Å². The minimum Gasteiger partial charge on any atom is -0.459 e. The molecule has 1 aliphatic rings. The van der Waals surface area contributed by atoms with Gasteiger partial charge in [0.15, 0.2) is 11.7 Å². The molecule has 2 aromatic rings. The fourth-order valence-electron chi connectivity index (χ4n) is 3.23. The molecule has 0 atom stereocenters. The fraction of sp³-hybridized carbons (Fsp3) is 0.400. The fourth-order valence-corrected chi connectivity index (χ4v) is 3.23. The summed E-state index contributed by atoms with van der Waals surface area (Å²) < 4.78 is 5.21. The third-order valence-electron chi connectivity index (χ3n) is 4.75. The third-order valence-corrected chi connectivity index (χ3v) is 4.75. The first-order valence-corrected chi connectivity index (χ1v) is 8.93. The molecule has 1 fully saturated rings. The zero-order valence-electron chi connectivity index (χ0n) is 15.7. The lowest BCUT2D eigenvalue weighted by Gasteiger charge is -2.36. The Morgan fingerprint density at radius 3 is 2.50 bits per heavy atom. The van der Waals surface area contributed by atoms with E-state index in [1.807, 2.05) is 4.90 Å². The van der Waals surface area contributed by atoms with Crippen LogP contribution in [0.4, 0.5) is 0 Å². The van der Waals surface area contributed by atoms with E-state index in [1.54, 1.807) is 19.2 Å². The lowest BCUT2D eigenvalue weighted by molar-refractivity contribution is 0.0657. The van der Waals surface area contributed by atoms with Crippen molar-refractivity contribution in [2.45, 2.75) is 20.4 Å². The van der Waals surface area contributed by atoms with Gasteiger partial charge in [-0.1, -0.05) is 23.8 Å². The van der Waals surface area contributed by atoms with E-state index >= 15 is 0 Å². The molecule has 6 heteroatoms. The number of rotatable bonds is 3. The van der Waals surface area contributed by atoms with Gasteiger partial charge in [0.25, 0.3) is 5.91 Å². The van der Waals surface area contributed by atoms with Crippen molar-refractivity contribution in [2.24, 2.45) is 4.99 Å². The SMILES string of the molecule is CN=C(NCc1ccc(C)cc1C)N1CCN(C(=O)c2ccco2)CC1. The van der Waals surface area contributed by atoms with Crippen LogP contribution in [0.15, 0.2) is 46.0 Å². The van der Waals surface area contributed by atoms with Crippen LogP contribution in [0.5, 0.6) is 0 Å². The monoisotopic (exact) mass is 354 g/mol. The van der Waals surface area contributed by atoms with Crippen LogP contribution in [0, 0.1) is 13.8 Å². The molecule has 1 aromatic heterocycles. The lowest BCUT2D eigenvalue weighted by Crippen LogP contribution is -2.53. The molecular weight excluding hydrogens is 328 g/mol. The number of hydrogen-bond acceptors (Lipinski definition) is 3. The van der Waals surface area contributed by atoms with Crippen molar-refractivity contribution in [2.75, 3.05) is 33.2 Å². The van der Waals surface area contributed by atoms with Crippen molar-refractivity contribution in [3.05, 3.63) is 59.0 Å². The highest BCUT2D eigenvalue weighted by Crippen LogP contribution is 2.12. The Morgan fingerprint density at radius 2 is 1.88 bits per heavy atom. The highest BCUT2D eigenvalue weighted by atomic mass is 16.3. The van der Waals surface area contributed by atoms with Crippen molar-refractivity contribution >= 4 is 11.9 Å². The van der Waals surface area contributed by atoms with Crippen LogP contribution in [0.3, 0.4) is 0 Å². The molecule has 0 radical (unpaired) electrons. The molecule has 0 unspecified atom stereocenters. The Hall–Kier alpha value is -2.76. The average Bonchev–Trinajstić information content (AvgIpc) is 3.18. The average molecular weight is 354 g/mol. The normalized spacial score (nSPS) is 15.3. The molecule has 138 valence electrons. The number of aryl methyl sites for hydroxylation is 2. The second-order valence-electron chi connectivity index (χ2n) is 6.59. The number of benzene rings is 1. The Balaban J connectivity index is 1.54. The second-order valence-corrected chi connectivity index (χ2v) is 6.59. The van der Waals surface area contributed by atoms with E-state index in [9.17, 15) is 4.79 Å². The number of carbonyl (C=O) groups is 1. The number of nitrogens with zero attached hydrogens (tertiary/aromatic N) is 3. The van der Waals surface area contributed by atoms with E-state index in [0.29, 0.717) is 18.8 Å². The van der Waals surface area contributed by atoms with Crippen LogP contribution in [-0.2, 0) is 6.54 Å². The highest BCUT2D eigenvalue weighted by Gasteiger charge is 2.25. The number of aliphatic imine (C=N–C) groups is 1. The van der Waals surface area contributed by atoms with Crippen molar-refractivity contribution in [1.82, 2.24) is 15.1 Å². The van der Waals surface area contributed by atoms with E-state index in [-0.39, 0.29) is 5.91 Å². The maximum absolute atomic E-state index is 12.4. The number of nitrogens with one attached hydrogen (secondary N) is 1. The van der Waals surface area contributed by atoms with Gasteiger partial charge in [-0.05, 0) is 37.1 Å². The van der Waals surface area contributed by atoms with Crippen LogP contribution in [0.1, 0.15) is 27.2 Å². The number of hydrogen-bond donors (Lipinski definition) is 1. The van der Waals surface area contributed by atoms with Crippen LogP contribution in [-0.4, -0.2) is 54.9 Å². The molecule has 6 nitrogen and oxygen atoms in total. The van der Waals surface area contributed by atoms with Crippen molar-refractivity contribution in [3.8, 4) is 0 Å². The van der Waals surface area contributed by atoms with Crippen molar-refractivity contribution in [1.29, 1.82) is 0 Å². The third kappa shape index (κ3) is 4.07. The standard InChI is InChI=1S/C20H26N4O2/c1-15-6-7-17(16(2)13-15)14-22-20(21-3)24-10-8-23(9-11-24)19(25)18-5-4-12-26-18/h4-7,12-13H,8-11,14H2,1-3H3,(H,21,22). The Morgan fingerprint density at radius 1 is 1.15 bits per heavy atom. The molecule has 2 heterocycles. The number of guanidine groups is 1. The van der Waals surface area contributed by atoms with Gasteiger partial charge in [0.05, 0.1) is 6.26 Å². The molecule has 1 aromatic carbocycles. The van der Waals surface area contributed by atoms with Crippen LogP contribution >= 0.6 is 0 Å². The second kappa shape index (κ2) is 8.08. The van der Waals surface area contributed by atoms with Gasteiger partial charge in [-0.15, -0.1) is 0 Å². The summed E-state index contributed by atoms with van der Waals surface area (Å²) in [7, 11) is 1.80. The summed E-state index contributed by atoms with van der Waals surface area (Å²) >= 11 is 0. The van der Waals surface area contributed by atoms with Gasteiger partial charge in [-0.25, -0.2) is 0 Å². The van der Waals surface area contributed by atoms with Gasteiger partial charge in [-0.2, -0.15) is 0 Å². The number of amides is 1. The number of piperazine rings is 1. The zero-order chi connectivity index (χ0) is 18.5. The molecule has 0 saturated carbocycles. The van der Waals surface area contributed by atoms with Gasteiger partial charge >= 0.3 is 0 Å². The molecule has 1 aliphatic heterocycles. The van der Waals surface area contributed by atoms with Crippen LogP contribution in [0.2, 0.25) is 0 Å². The molecule has 0 bridgehead atoms. The molecular formula is C20H26N4O2. The van der Waals surface area contributed by atoms with E-state index in [0.717, 1.165) is 25.6 Å². The Bertz CT molecular complexity index is 775. The first-order chi connectivity index (χ1) is 12.6. The summed E-state index contributed by atoms with van der Waals surface area (Å²) in [5.74, 6) is 1.22. The van der Waals surface area contributed by atoms with Crippen molar-refractivity contribution in [3.63, 3.8) is 0 Å². The summed E-state index contributed by atoms with van der Waals surface area (Å²) in [6.07, 6.45) is 1.53. The van der Waals surface area contributed by atoms with Gasteiger partial charge in [0.1, 0.15) is 0 Å². The molecule has 1 N–H and O–H groups in total. The van der Waals surface area contributed by atoms with Crippen LogP contribution in [0.25, 0.3) is 0 Å². The summed E-state index contributed by atoms with van der Waals surface area (Å²) in [6, 6.07) is 9.93. The molecule has 0 aliphatic carbocycles. The lowest BCUT2D eigenvalue weighted by atomic mass is 10.1. The quantitative estimate of drug-likeness (QED) is 0.679. The molecule has 26 heavy (non-hydrogen) atoms. The maximum atomic E-state index is 12.4. The number of carbonyl (C=O) groups excluding carboxylic acids is 1. The predicted molar refractivity (Wildman–Crippen MR) is 102 cm³/mol. The number of furan rings is 1. The minimum absolute atomic E-state index is 0.0483. The maximum Gasteiger partial charge on any atom is 0.289 e. The Labute approximate surface area is 154 Å². The van der Waals surface area contributed by atoms with E-state index < -0.39 is 0 Å². The molecule has 3 rings (SSSR count). The topological polar surface area (TPSA) is 61.1 Å². The van der Waals surface area contributed by atoms with E-state index in [2.05, 4.69) is 47.3 Å². The molecule has 0 spiro atoms. The minimum atomic E-state index is -0.0483. The van der Waals surface area contributed by atoms with Gasteiger partial charge in [0.2, 0.25) is 0 Å². The van der Waals surface area contributed by atoms with Crippen LogP contribution < -0.4 is 5.32 Å². The van der Waals surface area contributed by atoms with E-state index in [1.165, 1.54) is 23.0 Å². The van der Waals surface area contributed by atoms with Crippen molar-refractivity contribution < 1.29 is 9.21 Å². The summed E-state index contributed by atoms with van der Waals surface area (Å²) in [4.78, 5) is 20.8. The largest absolute Gasteiger partial charge is 0.459 e. The smallest absolute Gasteiger partial charge is 0.289 e. The highest BCUT2D eigenvalue weighted by molar-refractivity contribution is 5.91.